The van der Waals surface area contributed by atoms with Crippen molar-refractivity contribution < 1.29 is 25.2 Å². The number of hydrogen-bond acceptors (Lipinski definition) is 6. The molecule has 1 saturated heterocycles. The van der Waals surface area contributed by atoms with Crippen LogP contribution >= 0.6 is 0 Å². The van der Waals surface area contributed by atoms with Crippen molar-refractivity contribution in [2.45, 2.75) is 44.2 Å². The van der Waals surface area contributed by atoms with E-state index in [0.29, 0.717) is 0 Å². The normalized spacial score (nSPS) is 32.1. The molecule has 0 bridgehead atoms. The molecule has 0 unspecified atom stereocenters. The minimum absolute atomic E-state index is 0. The maximum atomic E-state index is 9.09. The van der Waals surface area contributed by atoms with Gasteiger partial charge in [0.05, 0.1) is 6.61 Å². The van der Waals surface area contributed by atoms with Crippen LogP contribution < -0.4 is 5.73 Å². The van der Waals surface area contributed by atoms with Crippen LogP contribution in [-0.2, 0) is 4.74 Å². The minimum atomic E-state index is -1.28. The zero-order valence-corrected chi connectivity index (χ0v) is 9.49. The first-order valence-corrected chi connectivity index (χ1v) is 5.42. The summed E-state index contributed by atoms with van der Waals surface area (Å²) in [7, 11) is 0. The third-order valence-corrected chi connectivity index (χ3v) is 2.21. The van der Waals surface area contributed by atoms with Crippen LogP contribution in [0.25, 0.3) is 0 Å². The quantitative estimate of drug-likeness (QED) is 0.365. The van der Waals surface area contributed by atoms with E-state index in [1.165, 1.54) is 12.8 Å². The molecule has 1 aliphatic heterocycles. The van der Waals surface area contributed by atoms with E-state index in [-0.39, 0.29) is 36.2 Å². The van der Waals surface area contributed by atoms with Crippen LogP contribution in [-0.4, -0.2) is 87.6 Å². The van der Waals surface area contributed by atoms with Crippen molar-refractivity contribution in [3.8, 4) is 0 Å². The molecule has 99 valence electrons. The third-order valence-electron chi connectivity index (χ3n) is 2.21. The third kappa shape index (κ3) is 7.71. The van der Waals surface area contributed by atoms with Crippen molar-refractivity contribution in [2.24, 2.45) is 5.73 Å². The zero-order valence-electron chi connectivity index (χ0n) is 9.49. The number of hydrogen-bond donors (Lipinski definition) is 5. The molecule has 0 aromatic rings. The van der Waals surface area contributed by atoms with Gasteiger partial charge in [-0.05, 0) is 13.0 Å². The Bertz CT molecular complexity index is 171. The van der Waals surface area contributed by atoms with Gasteiger partial charge in [0.1, 0.15) is 31.0 Å². The van der Waals surface area contributed by atoms with Crippen LogP contribution in [0.2, 0.25) is 0 Å². The second-order valence-electron chi connectivity index (χ2n) is 3.61. The average molecular weight is 260 g/mol. The van der Waals surface area contributed by atoms with E-state index in [9.17, 15) is 0 Å². The Morgan fingerprint density at radius 2 is 1.82 bits per heavy atom. The second-order valence-corrected chi connectivity index (χ2v) is 3.61. The van der Waals surface area contributed by atoms with Crippen molar-refractivity contribution in [1.29, 1.82) is 0 Å². The van der Waals surface area contributed by atoms with Gasteiger partial charge in [0.2, 0.25) is 0 Å². The molecule has 1 heterocycles. The van der Waals surface area contributed by atoms with Crippen LogP contribution in [0.1, 0.15) is 19.8 Å². The Labute approximate surface area is 124 Å². The molecule has 1 aliphatic rings. The number of ether oxygens (including phenoxy) is 1. The summed E-state index contributed by atoms with van der Waals surface area (Å²) in [4.78, 5) is 0. The maximum absolute atomic E-state index is 9.09. The summed E-state index contributed by atoms with van der Waals surface area (Å²) < 4.78 is 4.69. The summed E-state index contributed by atoms with van der Waals surface area (Å²) in [6.45, 7) is 3.59. The van der Waals surface area contributed by atoms with E-state index in [4.69, 9.17) is 26.2 Å². The van der Waals surface area contributed by atoms with E-state index in [1.54, 1.807) is 0 Å². The van der Waals surface area contributed by atoms with Crippen molar-refractivity contribution in [1.82, 2.24) is 0 Å². The summed E-state index contributed by atoms with van der Waals surface area (Å²) >= 11 is 0. The van der Waals surface area contributed by atoms with Crippen molar-refractivity contribution in [3.05, 3.63) is 6.61 Å². The van der Waals surface area contributed by atoms with Crippen LogP contribution in [0.4, 0.5) is 0 Å². The molecule has 6 nitrogen and oxygen atoms in total. The topological polar surface area (TPSA) is 116 Å². The fourth-order valence-corrected chi connectivity index (χ4v) is 1.12. The molecule has 17 heavy (non-hydrogen) atoms. The molecule has 0 aromatic heterocycles. The van der Waals surface area contributed by atoms with E-state index < -0.39 is 24.4 Å². The second kappa shape index (κ2) is 11.8. The molecule has 0 aromatic carbocycles. The van der Waals surface area contributed by atoms with Gasteiger partial charge in [-0.15, -0.1) is 0 Å². The van der Waals surface area contributed by atoms with Crippen molar-refractivity contribution in [3.63, 3.8) is 0 Å². The number of nitrogens with two attached hydrogens (primary N) is 1. The van der Waals surface area contributed by atoms with Gasteiger partial charge in [-0.1, -0.05) is 13.3 Å². The molecule has 6 N–H and O–H groups in total. The standard InChI is InChI=1S/C6H11O5.C4H11N.Na.H/c7-1-4-6(10)5(9)3(8)2-11-4;1-2-3-4-5;;/h2-10H,1H2;2-5H2,1H3;;/t3-,4+,5+,6+;;;/m0.../s1. The summed E-state index contributed by atoms with van der Waals surface area (Å²) in [5.41, 5.74) is 5.14. The number of unbranched alkanes of at least 4 members (excludes halogenated alkanes) is 1. The van der Waals surface area contributed by atoms with E-state index in [1.807, 2.05) is 0 Å². The van der Waals surface area contributed by atoms with Gasteiger partial charge in [-0.2, -0.15) is 0 Å². The molecule has 4 atom stereocenters. The fourth-order valence-electron chi connectivity index (χ4n) is 1.12. The monoisotopic (exact) mass is 260 g/mol. The molecule has 0 amide bonds. The molecule has 0 saturated carbocycles. The summed E-state index contributed by atoms with van der Waals surface area (Å²) in [5, 5.41) is 35.6. The van der Waals surface area contributed by atoms with Gasteiger partial charge in [-0.25, -0.2) is 0 Å². The number of aliphatic hydroxyl groups excluding tert-OH is 4. The van der Waals surface area contributed by atoms with E-state index in [0.717, 1.165) is 13.2 Å². The summed E-state index contributed by atoms with van der Waals surface area (Å²) in [6, 6.07) is 0. The first-order valence-electron chi connectivity index (χ1n) is 5.42. The van der Waals surface area contributed by atoms with Crippen molar-refractivity contribution in [2.75, 3.05) is 13.2 Å². The van der Waals surface area contributed by atoms with Crippen LogP contribution in [0.15, 0.2) is 0 Å². The molecule has 0 aliphatic carbocycles. The SMILES string of the molecule is CCCCN.OC[C@H]1O[CH][C@H](O)[C@@H](O)[C@@H]1O.[NaH]. The van der Waals surface area contributed by atoms with Gasteiger partial charge in [0.15, 0.2) is 0 Å². The fraction of sp³-hybridized carbons (Fsp3) is 0.900. The Morgan fingerprint density at radius 3 is 2.18 bits per heavy atom. The Hall–Kier alpha value is 0.760. The van der Waals surface area contributed by atoms with E-state index >= 15 is 0 Å². The van der Waals surface area contributed by atoms with E-state index in [2.05, 4.69) is 11.7 Å². The molecule has 7 heteroatoms. The Balaban J connectivity index is 0. The molecular formula is C10H23NNaO5. The van der Waals surface area contributed by atoms with Gasteiger partial charge in [0, 0.05) is 0 Å². The van der Waals surface area contributed by atoms with Crippen LogP contribution in [0, 0.1) is 6.61 Å². The zero-order chi connectivity index (χ0) is 12.6. The van der Waals surface area contributed by atoms with Gasteiger partial charge in [0.25, 0.3) is 0 Å². The molecule has 1 radical (unpaired) electrons. The molecule has 1 rings (SSSR count). The van der Waals surface area contributed by atoms with Gasteiger partial charge >= 0.3 is 29.6 Å². The molecule has 0 spiro atoms. The summed E-state index contributed by atoms with van der Waals surface area (Å²) in [6.07, 6.45) is -2.15. The van der Waals surface area contributed by atoms with Gasteiger partial charge < -0.3 is 30.9 Å². The van der Waals surface area contributed by atoms with Gasteiger partial charge in [-0.3, -0.25) is 0 Å². The van der Waals surface area contributed by atoms with Crippen LogP contribution in [0.3, 0.4) is 0 Å². The molecule has 1 fully saturated rings. The predicted molar refractivity (Wildman–Crippen MR) is 65.4 cm³/mol. The Morgan fingerprint density at radius 1 is 1.24 bits per heavy atom. The number of aliphatic hydroxyl groups is 4. The first-order chi connectivity index (χ1) is 7.58. The Kier molecular flexibility index (Phi) is 14.0. The van der Waals surface area contributed by atoms with Crippen molar-refractivity contribution >= 4 is 29.6 Å². The van der Waals surface area contributed by atoms with Crippen LogP contribution in [0.5, 0.6) is 0 Å². The predicted octanol–water partition coefficient (Wildman–Crippen LogP) is -2.28. The first kappa shape index (κ1) is 20.1. The molecular weight excluding hydrogens is 237 g/mol. The average Bonchev–Trinajstić information content (AvgIpc) is 2.28. The summed E-state index contributed by atoms with van der Waals surface area (Å²) in [5.74, 6) is 0. The number of rotatable bonds is 3.